The van der Waals surface area contributed by atoms with E-state index in [4.69, 9.17) is 4.74 Å². The third-order valence-electron chi connectivity index (χ3n) is 4.40. The smallest absolute Gasteiger partial charge is 0.0466 e. The van der Waals surface area contributed by atoms with Crippen molar-refractivity contribution in [2.45, 2.75) is 64.2 Å². The van der Waals surface area contributed by atoms with Gasteiger partial charge in [0.25, 0.3) is 0 Å². The van der Waals surface area contributed by atoms with Crippen LogP contribution in [0.5, 0.6) is 0 Å². The van der Waals surface area contributed by atoms with Crippen LogP contribution in [0.1, 0.15) is 62.8 Å². The van der Waals surface area contributed by atoms with Gasteiger partial charge < -0.3 is 4.74 Å². The lowest BCUT2D eigenvalue weighted by molar-refractivity contribution is 0.125. The summed E-state index contributed by atoms with van der Waals surface area (Å²) in [7, 11) is 0. The van der Waals surface area contributed by atoms with Crippen molar-refractivity contribution in [3.8, 4) is 0 Å². The van der Waals surface area contributed by atoms with E-state index in [2.05, 4.69) is 34.2 Å². The van der Waals surface area contributed by atoms with E-state index in [0.29, 0.717) is 0 Å². The molecule has 0 amide bonds. The second kappa shape index (κ2) is 13.5. The van der Waals surface area contributed by atoms with E-state index >= 15 is 0 Å². The van der Waals surface area contributed by atoms with Gasteiger partial charge in [-0.1, -0.05) is 37.8 Å². The monoisotopic (exact) mass is 340 g/mol. The summed E-state index contributed by atoms with van der Waals surface area (Å²) in [5.74, 6) is 0. The van der Waals surface area contributed by atoms with Crippen LogP contribution in [0, 0.1) is 0 Å². The average molecular weight is 341 g/mol. The first kappa shape index (κ1) is 19.6. The van der Waals surface area contributed by atoms with Crippen LogP contribution in [0.3, 0.4) is 0 Å². The van der Waals surface area contributed by atoms with Crippen LogP contribution < -0.4 is 0 Å². The summed E-state index contributed by atoms with van der Waals surface area (Å²) < 4.78 is 5.74. The van der Waals surface area contributed by atoms with Gasteiger partial charge in [0, 0.05) is 37.0 Å². The predicted octanol–water partition coefficient (Wildman–Crippen LogP) is 5.40. The minimum atomic E-state index is 0.914. The van der Waals surface area contributed by atoms with Crippen molar-refractivity contribution in [3.63, 3.8) is 0 Å². The van der Waals surface area contributed by atoms with Gasteiger partial charge in [0.2, 0.25) is 0 Å². The molecular weight excluding hydrogens is 308 g/mol. The molecule has 2 rings (SSSR count). The number of hydrogen-bond acceptors (Lipinski definition) is 3. The summed E-state index contributed by atoms with van der Waals surface area (Å²) in [4.78, 5) is 8.71. The molecule has 0 atom stereocenters. The van der Waals surface area contributed by atoms with E-state index in [1.165, 1.54) is 62.8 Å². The lowest BCUT2D eigenvalue weighted by atomic mass is 10.1. The Morgan fingerprint density at radius 3 is 1.48 bits per heavy atom. The Kier molecular flexibility index (Phi) is 10.6. The van der Waals surface area contributed by atoms with Crippen LogP contribution in [-0.4, -0.2) is 23.2 Å². The highest BCUT2D eigenvalue weighted by Gasteiger charge is 1.96. The fraction of sp³-hybridized carbons (Fsp3) is 0.545. The molecule has 0 radical (unpaired) electrons. The number of rotatable bonds is 14. The molecule has 0 aliphatic rings. The van der Waals surface area contributed by atoms with Gasteiger partial charge in [0.1, 0.15) is 0 Å². The minimum absolute atomic E-state index is 0.914. The number of unbranched alkanes of at least 4 members (excludes halogenated alkanes) is 6. The van der Waals surface area contributed by atoms with Crippen molar-refractivity contribution in [2.75, 3.05) is 13.2 Å². The van der Waals surface area contributed by atoms with Gasteiger partial charge in [-0.3, -0.25) is 9.97 Å². The Labute approximate surface area is 152 Å². The third-order valence-corrected chi connectivity index (χ3v) is 4.40. The average Bonchev–Trinajstić information content (AvgIpc) is 2.67. The summed E-state index contributed by atoms with van der Waals surface area (Å²) >= 11 is 0. The summed E-state index contributed by atoms with van der Waals surface area (Å²) in [5.41, 5.74) is 2.42. The SMILES string of the molecule is c1ccc(CCCCCCOCCCCCCc2ccccn2)nc1. The highest BCUT2D eigenvalue weighted by Crippen LogP contribution is 2.07. The number of aromatic nitrogens is 2. The summed E-state index contributed by atoms with van der Waals surface area (Å²) in [6, 6.07) is 12.3. The van der Waals surface area contributed by atoms with Crippen molar-refractivity contribution in [1.29, 1.82) is 0 Å². The minimum Gasteiger partial charge on any atom is -0.381 e. The van der Waals surface area contributed by atoms with Crippen LogP contribution in [0.2, 0.25) is 0 Å². The van der Waals surface area contributed by atoms with Crippen LogP contribution in [0.4, 0.5) is 0 Å². The molecule has 25 heavy (non-hydrogen) atoms. The maximum atomic E-state index is 5.74. The van der Waals surface area contributed by atoms with E-state index in [1.54, 1.807) is 0 Å². The molecule has 3 heteroatoms. The van der Waals surface area contributed by atoms with E-state index in [0.717, 1.165) is 26.1 Å². The molecule has 136 valence electrons. The molecule has 0 saturated heterocycles. The molecule has 0 saturated carbocycles. The molecule has 0 bridgehead atoms. The van der Waals surface area contributed by atoms with E-state index in [-0.39, 0.29) is 0 Å². The number of aryl methyl sites for hydroxylation is 2. The highest BCUT2D eigenvalue weighted by atomic mass is 16.5. The maximum Gasteiger partial charge on any atom is 0.0466 e. The van der Waals surface area contributed by atoms with Crippen molar-refractivity contribution < 1.29 is 4.74 Å². The lowest BCUT2D eigenvalue weighted by Crippen LogP contribution is -1.98. The quantitative estimate of drug-likeness (QED) is 0.432. The summed E-state index contributed by atoms with van der Waals surface area (Å²) in [6.45, 7) is 1.83. The van der Waals surface area contributed by atoms with Crippen molar-refractivity contribution >= 4 is 0 Å². The van der Waals surface area contributed by atoms with Gasteiger partial charge in [-0.15, -0.1) is 0 Å². The van der Waals surface area contributed by atoms with Crippen molar-refractivity contribution in [3.05, 3.63) is 60.2 Å². The fourth-order valence-electron chi connectivity index (χ4n) is 2.92. The maximum absolute atomic E-state index is 5.74. The van der Waals surface area contributed by atoms with Gasteiger partial charge in [0.05, 0.1) is 0 Å². The van der Waals surface area contributed by atoms with Crippen LogP contribution >= 0.6 is 0 Å². The Morgan fingerprint density at radius 2 is 1.04 bits per heavy atom. The third kappa shape index (κ3) is 9.98. The van der Waals surface area contributed by atoms with E-state index < -0.39 is 0 Å². The number of hydrogen-bond donors (Lipinski definition) is 0. The van der Waals surface area contributed by atoms with Crippen molar-refractivity contribution in [2.24, 2.45) is 0 Å². The zero-order valence-electron chi connectivity index (χ0n) is 15.4. The summed E-state index contributed by atoms with van der Waals surface area (Å²) in [5, 5.41) is 0. The Bertz CT molecular complexity index is 481. The lowest BCUT2D eigenvalue weighted by Gasteiger charge is -2.05. The molecule has 0 fully saturated rings. The first-order valence-electron chi connectivity index (χ1n) is 9.83. The fourth-order valence-corrected chi connectivity index (χ4v) is 2.92. The Balaban J connectivity index is 1.30. The van der Waals surface area contributed by atoms with Gasteiger partial charge in [-0.2, -0.15) is 0 Å². The Morgan fingerprint density at radius 1 is 0.560 bits per heavy atom. The first-order chi connectivity index (χ1) is 12.4. The Hall–Kier alpha value is -1.74. The molecular formula is C22H32N2O. The van der Waals surface area contributed by atoms with Crippen LogP contribution in [-0.2, 0) is 17.6 Å². The number of pyridine rings is 2. The molecule has 3 nitrogen and oxygen atoms in total. The van der Waals surface area contributed by atoms with Crippen LogP contribution in [0.25, 0.3) is 0 Å². The zero-order chi connectivity index (χ0) is 17.4. The molecule has 0 aliphatic carbocycles. The first-order valence-corrected chi connectivity index (χ1v) is 9.83. The number of nitrogens with zero attached hydrogens (tertiary/aromatic N) is 2. The molecule has 2 heterocycles. The molecule has 0 N–H and O–H groups in total. The molecule has 0 aromatic carbocycles. The number of ether oxygens (including phenoxy) is 1. The molecule has 0 unspecified atom stereocenters. The van der Waals surface area contributed by atoms with Gasteiger partial charge >= 0.3 is 0 Å². The molecule has 0 spiro atoms. The largest absolute Gasteiger partial charge is 0.381 e. The highest BCUT2D eigenvalue weighted by molar-refractivity contribution is 5.03. The summed E-state index contributed by atoms with van der Waals surface area (Å²) in [6.07, 6.45) is 15.8. The second-order valence-corrected chi connectivity index (χ2v) is 6.58. The van der Waals surface area contributed by atoms with Crippen molar-refractivity contribution in [1.82, 2.24) is 9.97 Å². The standard InChI is InChI=1S/C22H32N2O/c1(5-13-21-15-7-9-17-23-21)3-11-19-25-20-12-4-2-6-14-22-16-8-10-18-24-22/h7-10,15-18H,1-6,11-14,19-20H2. The van der Waals surface area contributed by atoms with Gasteiger partial charge in [-0.25, -0.2) is 0 Å². The topological polar surface area (TPSA) is 35.0 Å². The van der Waals surface area contributed by atoms with E-state index in [1.807, 2.05) is 24.5 Å². The van der Waals surface area contributed by atoms with Gasteiger partial charge in [0.15, 0.2) is 0 Å². The van der Waals surface area contributed by atoms with E-state index in [9.17, 15) is 0 Å². The second-order valence-electron chi connectivity index (χ2n) is 6.58. The molecule has 2 aromatic rings. The molecule has 0 aliphatic heterocycles. The predicted molar refractivity (Wildman–Crippen MR) is 104 cm³/mol. The van der Waals surface area contributed by atoms with Gasteiger partial charge in [-0.05, 0) is 62.8 Å². The van der Waals surface area contributed by atoms with Crippen LogP contribution in [0.15, 0.2) is 48.8 Å². The molecule has 2 aromatic heterocycles. The zero-order valence-corrected chi connectivity index (χ0v) is 15.4. The normalized spacial score (nSPS) is 10.9.